The van der Waals surface area contributed by atoms with Crippen LogP contribution in [0.1, 0.15) is 25.3 Å². The summed E-state index contributed by atoms with van der Waals surface area (Å²) < 4.78 is 5.38. The van der Waals surface area contributed by atoms with Gasteiger partial charge in [-0.25, -0.2) is 0 Å². The third kappa shape index (κ3) is 2.29. The lowest BCUT2D eigenvalue weighted by atomic mass is 10.0. The molecule has 2 nitrogen and oxygen atoms in total. The van der Waals surface area contributed by atoms with Crippen molar-refractivity contribution in [3.8, 4) is 5.75 Å². The maximum absolute atomic E-state index is 10.7. The Morgan fingerprint density at radius 3 is 2.86 bits per heavy atom. The van der Waals surface area contributed by atoms with Gasteiger partial charge in [-0.05, 0) is 18.6 Å². The first-order valence-corrected chi connectivity index (χ1v) is 5.05. The lowest BCUT2D eigenvalue weighted by Gasteiger charge is -2.12. The number of aldehydes is 1. The highest BCUT2D eigenvalue weighted by molar-refractivity contribution is 7.80. The monoisotopic (exact) mass is 210 g/mol. The van der Waals surface area contributed by atoms with Crippen molar-refractivity contribution < 1.29 is 9.53 Å². The standard InChI is InChI=1S/C11H14O2S/c1-3-13-10-6-4-5-9(11(10)14)8(2)7-12/h4-8,14H,3H2,1-2H3. The van der Waals surface area contributed by atoms with Gasteiger partial charge in [0.05, 0.1) is 11.5 Å². The van der Waals surface area contributed by atoms with Gasteiger partial charge in [-0.2, -0.15) is 0 Å². The first kappa shape index (κ1) is 11.1. The molecule has 0 amide bonds. The van der Waals surface area contributed by atoms with E-state index in [1.165, 1.54) is 0 Å². The number of ether oxygens (including phenoxy) is 1. The maximum Gasteiger partial charge on any atom is 0.132 e. The van der Waals surface area contributed by atoms with Gasteiger partial charge in [0.15, 0.2) is 0 Å². The van der Waals surface area contributed by atoms with Crippen molar-refractivity contribution in [1.82, 2.24) is 0 Å². The summed E-state index contributed by atoms with van der Waals surface area (Å²) in [6, 6.07) is 5.62. The molecule has 0 spiro atoms. The van der Waals surface area contributed by atoms with Crippen molar-refractivity contribution in [2.75, 3.05) is 6.61 Å². The normalized spacial score (nSPS) is 12.2. The number of benzene rings is 1. The molecule has 0 aliphatic carbocycles. The molecule has 0 N–H and O–H groups in total. The SMILES string of the molecule is CCOc1cccc(C(C)C=O)c1S. The van der Waals surface area contributed by atoms with Crippen LogP contribution < -0.4 is 4.74 Å². The molecule has 0 heterocycles. The van der Waals surface area contributed by atoms with E-state index < -0.39 is 0 Å². The number of thiol groups is 1. The zero-order chi connectivity index (χ0) is 10.6. The third-order valence-corrected chi connectivity index (χ3v) is 2.50. The Hall–Kier alpha value is -0.960. The molecule has 3 heteroatoms. The third-order valence-electron chi connectivity index (χ3n) is 2.02. The Kier molecular flexibility index (Phi) is 4.01. The summed E-state index contributed by atoms with van der Waals surface area (Å²) >= 11 is 4.35. The summed E-state index contributed by atoms with van der Waals surface area (Å²) in [5, 5.41) is 0. The Morgan fingerprint density at radius 2 is 2.29 bits per heavy atom. The Balaban J connectivity index is 3.06. The number of carbonyl (C=O) groups excluding carboxylic acids is 1. The van der Waals surface area contributed by atoms with Crippen molar-refractivity contribution in [3.05, 3.63) is 23.8 Å². The Labute approximate surface area is 89.7 Å². The molecule has 0 aromatic heterocycles. The highest BCUT2D eigenvalue weighted by Gasteiger charge is 2.10. The quantitative estimate of drug-likeness (QED) is 0.611. The molecule has 0 saturated carbocycles. The second-order valence-corrected chi connectivity index (χ2v) is 3.50. The highest BCUT2D eigenvalue weighted by Crippen LogP contribution is 2.30. The number of carbonyl (C=O) groups is 1. The highest BCUT2D eigenvalue weighted by atomic mass is 32.1. The molecule has 76 valence electrons. The van der Waals surface area contributed by atoms with E-state index in [2.05, 4.69) is 12.6 Å². The fraction of sp³-hybridized carbons (Fsp3) is 0.364. The van der Waals surface area contributed by atoms with Gasteiger partial charge >= 0.3 is 0 Å². The van der Waals surface area contributed by atoms with E-state index >= 15 is 0 Å². The molecule has 0 saturated heterocycles. The minimum Gasteiger partial charge on any atom is -0.493 e. The van der Waals surface area contributed by atoms with Crippen molar-refractivity contribution in [3.63, 3.8) is 0 Å². The molecular weight excluding hydrogens is 196 g/mol. The maximum atomic E-state index is 10.7. The number of hydrogen-bond donors (Lipinski definition) is 1. The molecule has 1 atom stereocenters. The van der Waals surface area contributed by atoms with Crippen LogP contribution in [0.15, 0.2) is 23.1 Å². The zero-order valence-electron chi connectivity index (χ0n) is 8.36. The van der Waals surface area contributed by atoms with Crippen LogP contribution in [-0.4, -0.2) is 12.9 Å². The molecule has 1 rings (SSSR count). The van der Waals surface area contributed by atoms with Crippen LogP contribution in [0.4, 0.5) is 0 Å². The van der Waals surface area contributed by atoms with Gasteiger partial charge in [0, 0.05) is 5.92 Å². The molecule has 0 fully saturated rings. The summed E-state index contributed by atoms with van der Waals surface area (Å²) in [6.07, 6.45) is 0.908. The lowest BCUT2D eigenvalue weighted by Crippen LogP contribution is -1.99. The predicted molar refractivity (Wildman–Crippen MR) is 59.3 cm³/mol. The molecule has 1 aromatic rings. The van der Waals surface area contributed by atoms with Gasteiger partial charge in [0.1, 0.15) is 12.0 Å². The smallest absolute Gasteiger partial charge is 0.132 e. The Morgan fingerprint density at radius 1 is 1.57 bits per heavy atom. The van der Waals surface area contributed by atoms with Crippen molar-refractivity contribution in [2.45, 2.75) is 24.7 Å². The van der Waals surface area contributed by atoms with Crippen molar-refractivity contribution >= 4 is 18.9 Å². The second-order valence-electron chi connectivity index (χ2n) is 3.05. The van der Waals surface area contributed by atoms with E-state index in [-0.39, 0.29) is 5.92 Å². The molecule has 0 aliphatic heterocycles. The van der Waals surface area contributed by atoms with E-state index in [0.717, 1.165) is 22.5 Å². The van der Waals surface area contributed by atoms with E-state index in [0.29, 0.717) is 6.61 Å². The number of hydrogen-bond acceptors (Lipinski definition) is 3. The molecule has 1 aromatic carbocycles. The molecule has 0 radical (unpaired) electrons. The van der Waals surface area contributed by atoms with Gasteiger partial charge < -0.3 is 9.53 Å². The summed E-state index contributed by atoms with van der Waals surface area (Å²) in [5.41, 5.74) is 0.911. The van der Waals surface area contributed by atoms with Crippen LogP contribution in [0, 0.1) is 0 Å². The van der Waals surface area contributed by atoms with Crippen LogP contribution >= 0.6 is 12.6 Å². The summed E-state index contributed by atoms with van der Waals surface area (Å²) in [5.74, 6) is 0.602. The van der Waals surface area contributed by atoms with E-state index in [1.54, 1.807) is 0 Å². The Bertz CT molecular complexity index is 323. The second kappa shape index (κ2) is 5.05. The van der Waals surface area contributed by atoms with Gasteiger partial charge in [-0.15, -0.1) is 12.6 Å². The first-order chi connectivity index (χ1) is 6.70. The fourth-order valence-corrected chi connectivity index (χ4v) is 1.67. The summed E-state index contributed by atoms with van der Waals surface area (Å²) in [4.78, 5) is 11.4. The van der Waals surface area contributed by atoms with Gasteiger partial charge in [-0.1, -0.05) is 19.1 Å². The molecule has 1 unspecified atom stereocenters. The predicted octanol–water partition coefficient (Wildman–Crippen LogP) is 2.68. The first-order valence-electron chi connectivity index (χ1n) is 4.60. The average Bonchev–Trinajstić information content (AvgIpc) is 2.20. The topological polar surface area (TPSA) is 26.3 Å². The van der Waals surface area contributed by atoms with Crippen LogP contribution in [0.5, 0.6) is 5.75 Å². The molecular formula is C11H14O2S. The van der Waals surface area contributed by atoms with E-state index in [1.807, 2.05) is 32.0 Å². The largest absolute Gasteiger partial charge is 0.493 e. The zero-order valence-corrected chi connectivity index (χ0v) is 9.25. The van der Waals surface area contributed by atoms with E-state index in [4.69, 9.17) is 4.74 Å². The molecule has 14 heavy (non-hydrogen) atoms. The summed E-state index contributed by atoms with van der Waals surface area (Å²) in [7, 11) is 0. The van der Waals surface area contributed by atoms with Crippen molar-refractivity contribution in [2.24, 2.45) is 0 Å². The summed E-state index contributed by atoms with van der Waals surface area (Å²) in [6.45, 7) is 4.37. The minimum absolute atomic E-state index is 0.136. The van der Waals surface area contributed by atoms with Crippen molar-refractivity contribution in [1.29, 1.82) is 0 Å². The number of rotatable bonds is 4. The minimum atomic E-state index is -0.136. The van der Waals surface area contributed by atoms with Crippen LogP contribution in [0.2, 0.25) is 0 Å². The molecule has 0 aliphatic rings. The van der Waals surface area contributed by atoms with Gasteiger partial charge in [0.25, 0.3) is 0 Å². The lowest BCUT2D eigenvalue weighted by molar-refractivity contribution is -0.108. The van der Waals surface area contributed by atoms with E-state index in [9.17, 15) is 4.79 Å². The molecule has 0 bridgehead atoms. The van der Waals surface area contributed by atoms with Gasteiger partial charge in [0.2, 0.25) is 0 Å². The van der Waals surface area contributed by atoms with Crippen LogP contribution in [0.3, 0.4) is 0 Å². The van der Waals surface area contributed by atoms with Gasteiger partial charge in [-0.3, -0.25) is 0 Å². The fourth-order valence-electron chi connectivity index (χ4n) is 1.25. The van der Waals surface area contributed by atoms with Crippen LogP contribution in [0.25, 0.3) is 0 Å². The average molecular weight is 210 g/mol. The van der Waals surface area contributed by atoms with Crippen LogP contribution in [-0.2, 0) is 4.79 Å².